The first-order valence-corrected chi connectivity index (χ1v) is 4.94. The fraction of sp³-hybridized carbons (Fsp3) is 0.364. The van der Waals surface area contributed by atoms with E-state index in [2.05, 4.69) is 5.32 Å². The van der Waals surface area contributed by atoms with Gasteiger partial charge >= 0.3 is 12.1 Å². The number of aliphatic carboxylic acids is 1. The van der Waals surface area contributed by atoms with Gasteiger partial charge in [-0.3, -0.25) is 0 Å². The zero-order chi connectivity index (χ0) is 12.8. The number of carboxylic acid groups (broad SMARTS) is 1. The van der Waals surface area contributed by atoms with Gasteiger partial charge in [-0.25, -0.2) is 4.79 Å². The molecule has 0 aliphatic carbocycles. The van der Waals surface area contributed by atoms with Crippen molar-refractivity contribution in [2.75, 3.05) is 5.32 Å². The third-order valence-electron chi connectivity index (χ3n) is 2.86. The van der Waals surface area contributed by atoms with Crippen LogP contribution in [0.3, 0.4) is 0 Å². The molecule has 0 saturated carbocycles. The van der Waals surface area contributed by atoms with E-state index in [4.69, 9.17) is 5.11 Å². The second kappa shape index (κ2) is 3.38. The molecule has 1 atom stereocenters. The summed E-state index contributed by atoms with van der Waals surface area (Å²) in [5.74, 6) is -1.08. The monoisotopic (exact) mass is 245 g/mol. The van der Waals surface area contributed by atoms with Gasteiger partial charge in [-0.15, -0.1) is 0 Å². The van der Waals surface area contributed by atoms with Crippen molar-refractivity contribution in [2.45, 2.75) is 25.1 Å². The molecule has 0 bridgehead atoms. The van der Waals surface area contributed by atoms with E-state index >= 15 is 0 Å². The summed E-state index contributed by atoms with van der Waals surface area (Å²) in [5.41, 5.74) is -1.18. The van der Waals surface area contributed by atoms with Crippen molar-refractivity contribution in [3.05, 3.63) is 29.3 Å². The zero-order valence-corrected chi connectivity index (χ0v) is 8.93. The highest BCUT2D eigenvalue weighted by molar-refractivity contribution is 5.86. The van der Waals surface area contributed by atoms with E-state index in [1.165, 1.54) is 13.0 Å². The number of carboxylic acids is 1. The van der Waals surface area contributed by atoms with Crippen LogP contribution < -0.4 is 5.32 Å². The standard InChI is InChI=1S/C11H10F3NO2/c1-10(9(16)17)5-6-2-3-7(11(12,13)14)4-8(6)15-10/h2-4,15H,5H2,1H3,(H,16,17). The second-order valence-corrected chi connectivity index (χ2v) is 4.31. The number of anilines is 1. The molecule has 0 fully saturated rings. The Balaban J connectivity index is 2.38. The highest BCUT2D eigenvalue weighted by Gasteiger charge is 2.40. The third kappa shape index (κ3) is 1.94. The molecular formula is C11H10F3NO2. The van der Waals surface area contributed by atoms with Crippen LogP contribution in [0.15, 0.2) is 18.2 Å². The summed E-state index contributed by atoms with van der Waals surface area (Å²) in [5, 5.41) is 11.6. The number of carbonyl (C=O) groups is 1. The first-order valence-electron chi connectivity index (χ1n) is 4.94. The maximum absolute atomic E-state index is 12.5. The van der Waals surface area contributed by atoms with Crippen LogP contribution in [0.4, 0.5) is 18.9 Å². The van der Waals surface area contributed by atoms with E-state index in [0.717, 1.165) is 12.1 Å². The molecule has 1 aliphatic rings. The van der Waals surface area contributed by atoms with Crippen LogP contribution in [0.25, 0.3) is 0 Å². The molecule has 0 amide bonds. The van der Waals surface area contributed by atoms with E-state index in [9.17, 15) is 18.0 Å². The second-order valence-electron chi connectivity index (χ2n) is 4.31. The van der Waals surface area contributed by atoms with Gasteiger partial charge in [-0.2, -0.15) is 13.2 Å². The van der Waals surface area contributed by atoms with Crippen molar-refractivity contribution in [1.82, 2.24) is 0 Å². The quantitative estimate of drug-likeness (QED) is 0.799. The van der Waals surface area contributed by atoms with Crippen LogP contribution in [0.5, 0.6) is 0 Å². The average Bonchev–Trinajstić information content (AvgIpc) is 2.52. The lowest BCUT2D eigenvalue weighted by atomic mass is 9.98. The molecule has 2 rings (SSSR count). The van der Waals surface area contributed by atoms with Gasteiger partial charge in [0.2, 0.25) is 0 Å². The van der Waals surface area contributed by atoms with Gasteiger partial charge in [0.15, 0.2) is 0 Å². The van der Waals surface area contributed by atoms with Crippen molar-refractivity contribution < 1.29 is 23.1 Å². The van der Waals surface area contributed by atoms with Gasteiger partial charge < -0.3 is 10.4 Å². The number of benzene rings is 1. The van der Waals surface area contributed by atoms with E-state index in [-0.39, 0.29) is 12.1 Å². The van der Waals surface area contributed by atoms with Gasteiger partial charge in [-0.1, -0.05) is 6.07 Å². The van der Waals surface area contributed by atoms with Crippen molar-refractivity contribution >= 4 is 11.7 Å². The number of halogens is 3. The van der Waals surface area contributed by atoms with Crippen molar-refractivity contribution in [1.29, 1.82) is 0 Å². The van der Waals surface area contributed by atoms with Crippen LogP contribution in [-0.4, -0.2) is 16.6 Å². The van der Waals surface area contributed by atoms with Gasteiger partial charge in [0.05, 0.1) is 5.56 Å². The Morgan fingerprint density at radius 1 is 1.47 bits per heavy atom. The van der Waals surface area contributed by atoms with Crippen LogP contribution in [0.1, 0.15) is 18.1 Å². The van der Waals surface area contributed by atoms with E-state index in [0.29, 0.717) is 5.56 Å². The molecule has 92 valence electrons. The minimum Gasteiger partial charge on any atom is -0.480 e. The third-order valence-corrected chi connectivity index (χ3v) is 2.86. The summed E-state index contributed by atoms with van der Waals surface area (Å²) in [6.07, 6.45) is -4.24. The molecule has 1 aromatic carbocycles. The Morgan fingerprint density at radius 3 is 2.65 bits per heavy atom. The van der Waals surface area contributed by atoms with Crippen molar-refractivity contribution in [2.24, 2.45) is 0 Å². The Hall–Kier alpha value is -1.72. The summed E-state index contributed by atoms with van der Waals surface area (Å²) >= 11 is 0. The fourth-order valence-corrected chi connectivity index (χ4v) is 1.87. The Labute approximate surface area is 95.3 Å². The lowest BCUT2D eigenvalue weighted by molar-refractivity contribution is -0.141. The maximum atomic E-state index is 12.5. The topological polar surface area (TPSA) is 49.3 Å². The molecule has 1 heterocycles. The van der Waals surface area contributed by atoms with Gasteiger partial charge in [0.1, 0.15) is 5.54 Å². The normalized spacial score (nSPS) is 23.1. The number of alkyl halides is 3. The lowest BCUT2D eigenvalue weighted by Crippen LogP contribution is -2.41. The molecule has 0 saturated heterocycles. The van der Waals surface area contributed by atoms with Gasteiger partial charge in [0, 0.05) is 12.1 Å². The maximum Gasteiger partial charge on any atom is 0.416 e. The fourth-order valence-electron chi connectivity index (χ4n) is 1.87. The number of rotatable bonds is 1. The summed E-state index contributed by atoms with van der Waals surface area (Å²) < 4.78 is 37.4. The molecule has 3 nitrogen and oxygen atoms in total. The van der Waals surface area contributed by atoms with Crippen molar-refractivity contribution in [3.63, 3.8) is 0 Å². The summed E-state index contributed by atoms with van der Waals surface area (Å²) in [7, 11) is 0. The molecule has 1 aliphatic heterocycles. The van der Waals surface area contributed by atoms with E-state index in [1.54, 1.807) is 0 Å². The highest BCUT2D eigenvalue weighted by atomic mass is 19.4. The molecule has 1 aromatic rings. The van der Waals surface area contributed by atoms with Gasteiger partial charge in [-0.05, 0) is 24.6 Å². The minimum atomic E-state index is -4.42. The van der Waals surface area contributed by atoms with Gasteiger partial charge in [0.25, 0.3) is 0 Å². The zero-order valence-electron chi connectivity index (χ0n) is 8.93. The summed E-state index contributed by atoms with van der Waals surface area (Å²) in [4.78, 5) is 11.0. The van der Waals surface area contributed by atoms with Crippen LogP contribution in [0.2, 0.25) is 0 Å². The summed E-state index contributed by atoms with van der Waals surface area (Å²) in [6.45, 7) is 1.45. The minimum absolute atomic E-state index is 0.176. The number of hydrogen-bond donors (Lipinski definition) is 2. The van der Waals surface area contributed by atoms with Crippen LogP contribution in [0, 0.1) is 0 Å². The predicted molar refractivity (Wildman–Crippen MR) is 54.8 cm³/mol. The molecule has 2 N–H and O–H groups in total. The first kappa shape index (κ1) is 11.8. The smallest absolute Gasteiger partial charge is 0.416 e. The van der Waals surface area contributed by atoms with E-state index in [1.807, 2.05) is 0 Å². The van der Waals surface area contributed by atoms with Crippen molar-refractivity contribution in [3.8, 4) is 0 Å². The van der Waals surface area contributed by atoms with E-state index < -0.39 is 23.2 Å². The number of nitrogens with one attached hydrogen (secondary N) is 1. The Kier molecular flexibility index (Phi) is 2.34. The predicted octanol–water partition coefficient (Wildman–Crippen LogP) is 2.52. The molecule has 17 heavy (non-hydrogen) atoms. The number of fused-ring (bicyclic) bond motifs is 1. The Bertz CT molecular complexity index is 484. The summed E-state index contributed by atoms with van der Waals surface area (Å²) in [6, 6.07) is 3.23. The lowest BCUT2D eigenvalue weighted by Gasteiger charge is -2.18. The molecule has 0 aromatic heterocycles. The largest absolute Gasteiger partial charge is 0.480 e. The Morgan fingerprint density at radius 2 is 2.12 bits per heavy atom. The van der Waals surface area contributed by atoms with Crippen LogP contribution in [-0.2, 0) is 17.4 Å². The molecule has 1 unspecified atom stereocenters. The SMILES string of the molecule is CC1(C(=O)O)Cc2ccc(C(F)(F)F)cc2N1. The average molecular weight is 245 g/mol. The molecule has 6 heteroatoms. The number of hydrogen-bond acceptors (Lipinski definition) is 2. The molecular weight excluding hydrogens is 235 g/mol. The molecule has 0 spiro atoms. The van der Waals surface area contributed by atoms with Crippen LogP contribution >= 0.6 is 0 Å². The highest BCUT2D eigenvalue weighted by Crippen LogP contribution is 2.37. The first-order chi connectivity index (χ1) is 7.72. The molecule has 0 radical (unpaired) electrons.